The van der Waals surface area contributed by atoms with Crippen LogP contribution in [0.15, 0.2) is 0 Å². The van der Waals surface area contributed by atoms with Gasteiger partial charge in [-0.1, -0.05) is 12.8 Å². The molecule has 0 amide bonds. The molecule has 1 unspecified atom stereocenters. The predicted molar refractivity (Wildman–Crippen MR) is 56.8 cm³/mol. The Morgan fingerprint density at radius 2 is 2.00 bits per heavy atom. The Hall–Kier alpha value is -0.650. The van der Waals surface area contributed by atoms with Crippen LogP contribution in [0.2, 0.25) is 0 Å². The summed E-state index contributed by atoms with van der Waals surface area (Å²) in [6.07, 6.45) is 3.26. The van der Waals surface area contributed by atoms with Crippen LogP contribution in [0.4, 0.5) is 0 Å². The van der Waals surface area contributed by atoms with E-state index in [4.69, 9.17) is 20.3 Å². The summed E-state index contributed by atoms with van der Waals surface area (Å²) >= 11 is 0. The highest BCUT2D eigenvalue weighted by molar-refractivity contribution is 5.72. The Bertz CT molecular complexity index is 164. The lowest BCUT2D eigenvalue weighted by Crippen LogP contribution is -2.29. The fraction of sp³-hybridized carbons (Fsp3) is 0.900. The molecule has 0 aliphatic rings. The average molecular weight is 219 g/mol. The van der Waals surface area contributed by atoms with E-state index < -0.39 is 12.0 Å². The van der Waals surface area contributed by atoms with Crippen LogP contribution in [-0.4, -0.2) is 44.0 Å². The topological polar surface area (TPSA) is 81.8 Å². The molecular weight excluding hydrogens is 198 g/mol. The van der Waals surface area contributed by atoms with Gasteiger partial charge in [-0.25, -0.2) is 0 Å². The normalized spacial score (nSPS) is 12.7. The molecule has 0 aromatic rings. The molecule has 0 fully saturated rings. The first-order chi connectivity index (χ1) is 7.18. The molecule has 0 saturated carbocycles. The van der Waals surface area contributed by atoms with Gasteiger partial charge in [-0.15, -0.1) is 0 Å². The van der Waals surface area contributed by atoms with Crippen LogP contribution in [0.1, 0.15) is 25.7 Å². The number of nitrogens with two attached hydrogens (primary N) is 1. The first kappa shape index (κ1) is 14.3. The summed E-state index contributed by atoms with van der Waals surface area (Å²) in [5.74, 6) is -0.925. The molecule has 0 rings (SSSR count). The van der Waals surface area contributed by atoms with E-state index >= 15 is 0 Å². The number of carboxylic acids is 1. The van der Waals surface area contributed by atoms with Gasteiger partial charge in [-0.2, -0.15) is 0 Å². The summed E-state index contributed by atoms with van der Waals surface area (Å²) in [7, 11) is 1.64. The smallest absolute Gasteiger partial charge is 0.320 e. The summed E-state index contributed by atoms with van der Waals surface area (Å²) in [6.45, 7) is 1.93. The molecule has 0 saturated heterocycles. The van der Waals surface area contributed by atoms with E-state index in [1.807, 2.05) is 0 Å². The number of hydrogen-bond acceptors (Lipinski definition) is 4. The summed E-state index contributed by atoms with van der Waals surface area (Å²) in [5.41, 5.74) is 5.35. The van der Waals surface area contributed by atoms with Gasteiger partial charge in [-0.05, 0) is 12.8 Å². The Kier molecular flexibility index (Phi) is 9.46. The third-order valence-corrected chi connectivity index (χ3v) is 2.05. The van der Waals surface area contributed by atoms with Crippen molar-refractivity contribution in [2.75, 3.05) is 26.9 Å². The second kappa shape index (κ2) is 9.89. The van der Waals surface area contributed by atoms with Crippen LogP contribution in [-0.2, 0) is 14.3 Å². The van der Waals surface area contributed by atoms with Crippen molar-refractivity contribution in [3.63, 3.8) is 0 Å². The van der Waals surface area contributed by atoms with Crippen LogP contribution in [0.3, 0.4) is 0 Å². The first-order valence-electron chi connectivity index (χ1n) is 5.23. The van der Waals surface area contributed by atoms with Crippen molar-refractivity contribution in [2.45, 2.75) is 31.7 Å². The highest BCUT2D eigenvalue weighted by atomic mass is 16.5. The zero-order valence-electron chi connectivity index (χ0n) is 9.28. The summed E-state index contributed by atoms with van der Waals surface area (Å²) < 4.78 is 10.1. The third kappa shape index (κ3) is 9.65. The number of hydrogen-bond donors (Lipinski definition) is 2. The summed E-state index contributed by atoms with van der Waals surface area (Å²) in [4.78, 5) is 10.4. The van der Waals surface area contributed by atoms with Crippen molar-refractivity contribution < 1.29 is 19.4 Å². The summed E-state index contributed by atoms with van der Waals surface area (Å²) in [6, 6.07) is -0.723. The second-order valence-corrected chi connectivity index (χ2v) is 3.40. The maximum atomic E-state index is 10.4. The lowest BCUT2D eigenvalue weighted by Gasteiger charge is -2.06. The van der Waals surface area contributed by atoms with Gasteiger partial charge in [0.2, 0.25) is 0 Å². The monoisotopic (exact) mass is 219 g/mol. The number of carboxylic acid groups (broad SMARTS) is 1. The molecule has 1 atom stereocenters. The predicted octanol–water partition coefficient (Wildman–Crippen LogP) is 0.622. The number of unbranched alkanes of at least 4 members (excludes halogenated alkanes) is 2. The lowest BCUT2D eigenvalue weighted by molar-refractivity contribution is -0.138. The minimum Gasteiger partial charge on any atom is -0.480 e. The second-order valence-electron chi connectivity index (χ2n) is 3.40. The average Bonchev–Trinajstić information content (AvgIpc) is 2.21. The number of methoxy groups -OCH3 is 1. The number of carbonyl (C=O) groups is 1. The molecule has 0 aliphatic heterocycles. The largest absolute Gasteiger partial charge is 0.480 e. The molecule has 15 heavy (non-hydrogen) atoms. The van der Waals surface area contributed by atoms with Gasteiger partial charge in [0.1, 0.15) is 6.04 Å². The van der Waals surface area contributed by atoms with Crippen molar-refractivity contribution >= 4 is 5.97 Å². The minimum atomic E-state index is -0.925. The molecular formula is C10H21NO4. The van der Waals surface area contributed by atoms with Crippen molar-refractivity contribution in [3.8, 4) is 0 Å². The number of ether oxygens (including phenoxy) is 2. The van der Waals surface area contributed by atoms with E-state index in [2.05, 4.69) is 0 Å². The van der Waals surface area contributed by atoms with Crippen molar-refractivity contribution in [1.29, 1.82) is 0 Å². The fourth-order valence-electron chi connectivity index (χ4n) is 1.11. The van der Waals surface area contributed by atoms with Gasteiger partial charge in [0.15, 0.2) is 0 Å². The van der Waals surface area contributed by atoms with E-state index in [-0.39, 0.29) is 0 Å². The molecule has 0 spiro atoms. The molecule has 0 radical (unpaired) electrons. The Morgan fingerprint density at radius 3 is 2.60 bits per heavy atom. The maximum Gasteiger partial charge on any atom is 0.320 e. The molecule has 0 aromatic heterocycles. The Labute approximate surface area is 90.5 Å². The van der Waals surface area contributed by atoms with Crippen LogP contribution < -0.4 is 5.73 Å². The van der Waals surface area contributed by atoms with E-state index in [1.165, 1.54) is 0 Å². The standard InChI is InChI=1S/C10H21NO4/c1-14-7-8-15-6-4-2-3-5-9(11)10(12)13/h9H,2-8,11H2,1H3,(H,12,13). The van der Waals surface area contributed by atoms with Crippen LogP contribution in [0.5, 0.6) is 0 Å². The van der Waals surface area contributed by atoms with Gasteiger partial charge in [0.25, 0.3) is 0 Å². The van der Waals surface area contributed by atoms with Gasteiger partial charge < -0.3 is 20.3 Å². The fourth-order valence-corrected chi connectivity index (χ4v) is 1.11. The quantitative estimate of drug-likeness (QED) is 0.526. The Balaban J connectivity index is 3.08. The van der Waals surface area contributed by atoms with Crippen molar-refractivity contribution in [1.82, 2.24) is 0 Å². The van der Waals surface area contributed by atoms with E-state index in [0.29, 0.717) is 26.2 Å². The Morgan fingerprint density at radius 1 is 1.27 bits per heavy atom. The molecule has 0 heterocycles. The van der Waals surface area contributed by atoms with Crippen LogP contribution in [0, 0.1) is 0 Å². The molecule has 0 bridgehead atoms. The summed E-state index contributed by atoms with van der Waals surface area (Å²) in [5, 5.41) is 8.52. The van der Waals surface area contributed by atoms with Gasteiger partial charge in [0.05, 0.1) is 13.2 Å². The van der Waals surface area contributed by atoms with Gasteiger partial charge in [0, 0.05) is 13.7 Å². The zero-order valence-corrected chi connectivity index (χ0v) is 9.28. The molecule has 3 N–H and O–H groups in total. The zero-order chi connectivity index (χ0) is 11.5. The first-order valence-corrected chi connectivity index (χ1v) is 5.23. The number of aliphatic carboxylic acids is 1. The van der Waals surface area contributed by atoms with Crippen LogP contribution in [0.25, 0.3) is 0 Å². The van der Waals surface area contributed by atoms with Crippen molar-refractivity contribution in [3.05, 3.63) is 0 Å². The molecule has 0 aliphatic carbocycles. The number of rotatable bonds is 10. The van der Waals surface area contributed by atoms with E-state index in [1.54, 1.807) is 7.11 Å². The highest BCUT2D eigenvalue weighted by Crippen LogP contribution is 2.02. The van der Waals surface area contributed by atoms with E-state index in [9.17, 15) is 4.79 Å². The van der Waals surface area contributed by atoms with Crippen molar-refractivity contribution in [2.24, 2.45) is 5.73 Å². The minimum absolute atomic E-state index is 0.535. The molecule has 5 nitrogen and oxygen atoms in total. The van der Waals surface area contributed by atoms with E-state index in [0.717, 1.165) is 19.3 Å². The molecule has 90 valence electrons. The maximum absolute atomic E-state index is 10.4. The lowest BCUT2D eigenvalue weighted by atomic mass is 10.1. The highest BCUT2D eigenvalue weighted by Gasteiger charge is 2.09. The van der Waals surface area contributed by atoms with Crippen LogP contribution >= 0.6 is 0 Å². The molecule has 0 aromatic carbocycles. The SMILES string of the molecule is COCCOCCCCCC(N)C(=O)O. The van der Waals surface area contributed by atoms with Gasteiger partial charge in [-0.3, -0.25) is 4.79 Å². The third-order valence-electron chi connectivity index (χ3n) is 2.05. The van der Waals surface area contributed by atoms with Gasteiger partial charge >= 0.3 is 5.97 Å². The molecule has 5 heteroatoms.